The zero-order valence-corrected chi connectivity index (χ0v) is 15.6. The first-order valence-corrected chi connectivity index (χ1v) is 9.68. The maximum atomic E-state index is 12.9. The Kier molecular flexibility index (Phi) is 6.05. The Labute approximate surface area is 158 Å². The van der Waals surface area contributed by atoms with E-state index in [1.807, 2.05) is 53.4 Å². The van der Waals surface area contributed by atoms with Gasteiger partial charge in [0, 0.05) is 47.5 Å². The molecule has 2 aromatic carbocycles. The summed E-state index contributed by atoms with van der Waals surface area (Å²) in [4.78, 5) is 18.2. The predicted octanol–water partition coefficient (Wildman–Crippen LogP) is 4.58. The molecule has 25 heavy (non-hydrogen) atoms. The number of anilines is 1. The molecule has 1 amide bonds. The van der Waals surface area contributed by atoms with Gasteiger partial charge in [0.15, 0.2) is 0 Å². The number of halogens is 1. The average molecular weight is 373 g/mol. The smallest absolute Gasteiger partial charge is 0.255 e. The van der Waals surface area contributed by atoms with Gasteiger partial charge < -0.3 is 9.80 Å². The standard InChI is InChI=1S/C20H21ClN2OS/c1-2-14-25-19-9-4-3-8-18(19)20(24)23-12-10-22(11-13-23)17-7-5-6-16(21)15-17/h2-9,15H,1,10-14H2. The topological polar surface area (TPSA) is 23.6 Å². The van der Waals surface area contributed by atoms with Crippen LogP contribution in [0.3, 0.4) is 0 Å². The van der Waals surface area contributed by atoms with Crippen LogP contribution in [0.4, 0.5) is 5.69 Å². The highest BCUT2D eigenvalue weighted by molar-refractivity contribution is 7.99. The van der Waals surface area contributed by atoms with Crippen LogP contribution in [0.2, 0.25) is 5.02 Å². The van der Waals surface area contributed by atoms with Crippen molar-refractivity contribution >= 4 is 35.0 Å². The lowest BCUT2D eigenvalue weighted by Crippen LogP contribution is -2.48. The van der Waals surface area contributed by atoms with E-state index in [4.69, 9.17) is 11.6 Å². The molecule has 2 aromatic rings. The summed E-state index contributed by atoms with van der Waals surface area (Å²) in [7, 11) is 0. The van der Waals surface area contributed by atoms with Crippen LogP contribution < -0.4 is 4.90 Å². The van der Waals surface area contributed by atoms with E-state index >= 15 is 0 Å². The molecule has 0 saturated carbocycles. The van der Waals surface area contributed by atoms with Crippen LogP contribution in [0.5, 0.6) is 0 Å². The van der Waals surface area contributed by atoms with Gasteiger partial charge in [0.05, 0.1) is 5.56 Å². The maximum Gasteiger partial charge on any atom is 0.255 e. The van der Waals surface area contributed by atoms with E-state index in [0.29, 0.717) is 13.1 Å². The van der Waals surface area contributed by atoms with Crippen molar-refractivity contribution in [1.29, 1.82) is 0 Å². The summed E-state index contributed by atoms with van der Waals surface area (Å²) in [6, 6.07) is 15.7. The number of carbonyl (C=O) groups is 1. The summed E-state index contributed by atoms with van der Waals surface area (Å²) in [5.41, 5.74) is 1.90. The van der Waals surface area contributed by atoms with Crippen molar-refractivity contribution in [2.45, 2.75) is 4.90 Å². The van der Waals surface area contributed by atoms with Crippen molar-refractivity contribution in [3.05, 3.63) is 71.8 Å². The second-order valence-electron chi connectivity index (χ2n) is 5.85. The highest BCUT2D eigenvalue weighted by Crippen LogP contribution is 2.25. The molecule has 0 N–H and O–H groups in total. The van der Waals surface area contributed by atoms with E-state index in [0.717, 1.165) is 40.0 Å². The number of hydrogen-bond donors (Lipinski definition) is 0. The number of nitrogens with zero attached hydrogens (tertiary/aromatic N) is 2. The summed E-state index contributed by atoms with van der Waals surface area (Å²) in [6.45, 7) is 6.81. The monoisotopic (exact) mass is 372 g/mol. The lowest BCUT2D eigenvalue weighted by atomic mass is 10.1. The first kappa shape index (κ1) is 17.9. The van der Waals surface area contributed by atoms with E-state index in [2.05, 4.69) is 17.5 Å². The molecule has 0 aromatic heterocycles. The fraction of sp³-hybridized carbons (Fsp3) is 0.250. The summed E-state index contributed by atoms with van der Waals surface area (Å²) in [6.07, 6.45) is 1.86. The minimum Gasteiger partial charge on any atom is -0.368 e. The van der Waals surface area contributed by atoms with Crippen LogP contribution >= 0.6 is 23.4 Å². The number of piperazine rings is 1. The average Bonchev–Trinajstić information content (AvgIpc) is 2.66. The van der Waals surface area contributed by atoms with Crippen LogP contribution in [-0.2, 0) is 0 Å². The summed E-state index contributed by atoms with van der Waals surface area (Å²) in [5, 5.41) is 0.740. The number of hydrogen-bond acceptors (Lipinski definition) is 3. The van der Waals surface area contributed by atoms with Crippen molar-refractivity contribution in [2.75, 3.05) is 36.8 Å². The Hall–Kier alpha value is -1.91. The fourth-order valence-electron chi connectivity index (χ4n) is 2.93. The van der Waals surface area contributed by atoms with Gasteiger partial charge in [-0.2, -0.15) is 0 Å². The Balaban J connectivity index is 1.67. The first-order chi connectivity index (χ1) is 12.2. The summed E-state index contributed by atoms with van der Waals surface area (Å²) in [5.74, 6) is 0.908. The molecule has 1 saturated heterocycles. The molecule has 3 rings (SSSR count). The zero-order chi connectivity index (χ0) is 17.6. The van der Waals surface area contributed by atoms with Crippen LogP contribution in [0, 0.1) is 0 Å². The zero-order valence-electron chi connectivity index (χ0n) is 14.0. The number of benzene rings is 2. The molecule has 1 fully saturated rings. The molecule has 0 unspecified atom stereocenters. The van der Waals surface area contributed by atoms with E-state index < -0.39 is 0 Å². The Morgan fingerprint density at radius 1 is 1.12 bits per heavy atom. The van der Waals surface area contributed by atoms with Crippen molar-refractivity contribution in [3.63, 3.8) is 0 Å². The van der Waals surface area contributed by atoms with E-state index in [1.165, 1.54) is 0 Å². The highest BCUT2D eigenvalue weighted by atomic mass is 35.5. The molecule has 3 nitrogen and oxygen atoms in total. The molecule has 130 valence electrons. The van der Waals surface area contributed by atoms with Crippen molar-refractivity contribution < 1.29 is 4.79 Å². The molecule has 0 bridgehead atoms. The molecule has 0 aliphatic carbocycles. The Morgan fingerprint density at radius 3 is 2.60 bits per heavy atom. The minimum absolute atomic E-state index is 0.109. The lowest BCUT2D eigenvalue weighted by Gasteiger charge is -2.36. The molecule has 0 radical (unpaired) electrons. The lowest BCUT2D eigenvalue weighted by molar-refractivity contribution is 0.0743. The first-order valence-electron chi connectivity index (χ1n) is 8.31. The van der Waals surface area contributed by atoms with Crippen molar-refractivity contribution in [2.24, 2.45) is 0 Å². The Morgan fingerprint density at radius 2 is 1.88 bits per heavy atom. The van der Waals surface area contributed by atoms with E-state index in [-0.39, 0.29) is 5.91 Å². The number of amides is 1. The SMILES string of the molecule is C=CCSc1ccccc1C(=O)N1CCN(c2cccc(Cl)c2)CC1. The molecule has 0 atom stereocenters. The van der Waals surface area contributed by atoms with E-state index in [9.17, 15) is 4.79 Å². The minimum atomic E-state index is 0.109. The number of rotatable bonds is 5. The van der Waals surface area contributed by atoms with Crippen LogP contribution in [0.15, 0.2) is 66.1 Å². The van der Waals surface area contributed by atoms with Gasteiger partial charge in [0.2, 0.25) is 0 Å². The molecule has 1 heterocycles. The van der Waals surface area contributed by atoms with Gasteiger partial charge in [-0.05, 0) is 30.3 Å². The van der Waals surface area contributed by atoms with Gasteiger partial charge >= 0.3 is 0 Å². The quantitative estimate of drug-likeness (QED) is 0.567. The van der Waals surface area contributed by atoms with Gasteiger partial charge in [-0.3, -0.25) is 4.79 Å². The second kappa shape index (κ2) is 8.45. The maximum absolute atomic E-state index is 12.9. The fourth-order valence-corrected chi connectivity index (χ4v) is 3.90. The van der Waals surface area contributed by atoms with Crippen LogP contribution in [0.25, 0.3) is 0 Å². The van der Waals surface area contributed by atoms with Gasteiger partial charge in [0.25, 0.3) is 5.91 Å². The number of thioether (sulfide) groups is 1. The Bertz CT molecular complexity index is 757. The third-order valence-electron chi connectivity index (χ3n) is 4.21. The molecule has 5 heteroatoms. The molecule has 0 spiro atoms. The van der Waals surface area contributed by atoms with Crippen LogP contribution in [0.1, 0.15) is 10.4 Å². The predicted molar refractivity (Wildman–Crippen MR) is 107 cm³/mol. The molecular weight excluding hydrogens is 352 g/mol. The number of carbonyl (C=O) groups excluding carboxylic acids is 1. The van der Waals surface area contributed by atoms with E-state index in [1.54, 1.807) is 11.8 Å². The van der Waals surface area contributed by atoms with Crippen molar-refractivity contribution in [3.8, 4) is 0 Å². The van der Waals surface area contributed by atoms with Crippen LogP contribution in [-0.4, -0.2) is 42.7 Å². The third-order valence-corrected chi connectivity index (χ3v) is 5.52. The van der Waals surface area contributed by atoms with Gasteiger partial charge in [0.1, 0.15) is 0 Å². The normalized spacial score (nSPS) is 14.4. The molecule has 1 aliphatic rings. The molecule has 1 aliphatic heterocycles. The highest BCUT2D eigenvalue weighted by Gasteiger charge is 2.23. The second-order valence-corrected chi connectivity index (χ2v) is 7.35. The summed E-state index contributed by atoms with van der Waals surface area (Å²) < 4.78 is 0. The van der Waals surface area contributed by atoms with Gasteiger partial charge in [-0.15, -0.1) is 18.3 Å². The van der Waals surface area contributed by atoms with Gasteiger partial charge in [-0.1, -0.05) is 35.9 Å². The third kappa shape index (κ3) is 4.39. The largest absolute Gasteiger partial charge is 0.368 e. The van der Waals surface area contributed by atoms with Gasteiger partial charge in [-0.25, -0.2) is 0 Å². The van der Waals surface area contributed by atoms with Crippen molar-refractivity contribution in [1.82, 2.24) is 4.90 Å². The summed E-state index contributed by atoms with van der Waals surface area (Å²) >= 11 is 7.73. The molecular formula is C20H21ClN2OS.